The molecule has 0 saturated carbocycles. The van der Waals surface area contributed by atoms with Gasteiger partial charge in [0.15, 0.2) is 0 Å². The van der Waals surface area contributed by atoms with Gasteiger partial charge in [0.25, 0.3) is 5.56 Å². The van der Waals surface area contributed by atoms with E-state index < -0.39 is 35.9 Å². The number of pyridine rings is 1. The second-order valence-electron chi connectivity index (χ2n) is 5.71. The molecule has 0 radical (unpaired) electrons. The molecule has 1 N–H and O–H groups in total. The van der Waals surface area contributed by atoms with Gasteiger partial charge >= 0.3 is 17.9 Å². The maximum Gasteiger partial charge on any atom is 0.339 e. The number of aromatic nitrogens is 1. The summed E-state index contributed by atoms with van der Waals surface area (Å²) in [4.78, 5) is 59.5. The van der Waals surface area contributed by atoms with Crippen LogP contribution in [0.3, 0.4) is 0 Å². The molecule has 152 valence electrons. The number of benzene rings is 1. The fraction of sp³-hybridized carbons (Fsp3) is 0.211. The molecule has 0 saturated heterocycles. The Morgan fingerprint density at radius 1 is 0.828 bits per heavy atom. The van der Waals surface area contributed by atoms with Crippen molar-refractivity contribution in [1.29, 1.82) is 0 Å². The molecule has 0 fully saturated rings. The minimum absolute atomic E-state index is 0.0237. The molecule has 0 atom stereocenters. The molecule has 10 heteroatoms. The van der Waals surface area contributed by atoms with Crippen LogP contribution in [0.1, 0.15) is 31.1 Å². The maximum absolute atomic E-state index is 12.4. The number of carbonyl (C=O) groups is 4. The monoisotopic (exact) mass is 402 g/mol. The molecule has 1 heterocycles. The number of carbonyl (C=O) groups excluding carboxylic acids is 4. The number of ether oxygens (including phenoxy) is 3. The number of anilines is 1. The molecule has 1 aromatic heterocycles. The first-order valence-electron chi connectivity index (χ1n) is 8.19. The smallest absolute Gasteiger partial charge is 0.339 e. The highest BCUT2D eigenvalue weighted by Crippen LogP contribution is 2.17. The average Bonchev–Trinajstić information content (AvgIpc) is 2.73. The maximum atomic E-state index is 12.4. The summed E-state index contributed by atoms with van der Waals surface area (Å²) < 4.78 is 14.9. The molecule has 1 amide bonds. The lowest BCUT2D eigenvalue weighted by molar-refractivity contribution is -0.116. The van der Waals surface area contributed by atoms with Crippen LogP contribution in [-0.2, 0) is 25.5 Å². The van der Waals surface area contributed by atoms with Gasteiger partial charge in [-0.2, -0.15) is 0 Å². The highest BCUT2D eigenvalue weighted by molar-refractivity contribution is 5.99. The zero-order valence-electron chi connectivity index (χ0n) is 15.9. The number of esters is 3. The van der Waals surface area contributed by atoms with Crippen molar-refractivity contribution in [3.8, 4) is 0 Å². The van der Waals surface area contributed by atoms with Gasteiger partial charge in [0.05, 0.1) is 38.0 Å². The van der Waals surface area contributed by atoms with Crippen molar-refractivity contribution in [3.63, 3.8) is 0 Å². The van der Waals surface area contributed by atoms with E-state index in [1.54, 1.807) is 0 Å². The van der Waals surface area contributed by atoms with Gasteiger partial charge in [-0.25, -0.2) is 14.4 Å². The van der Waals surface area contributed by atoms with Crippen LogP contribution < -0.4 is 10.9 Å². The summed E-state index contributed by atoms with van der Waals surface area (Å²) >= 11 is 0. The summed E-state index contributed by atoms with van der Waals surface area (Å²) in [5.41, 5.74) is -0.242. The van der Waals surface area contributed by atoms with Gasteiger partial charge in [0.1, 0.15) is 6.54 Å². The van der Waals surface area contributed by atoms with E-state index in [1.807, 2.05) is 0 Å². The van der Waals surface area contributed by atoms with Crippen molar-refractivity contribution >= 4 is 29.5 Å². The summed E-state index contributed by atoms with van der Waals surface area (Å²) in [7, 11) is 3.54. The van der Waals surface area contributed by atoms with E-state index >= 15 is 0 Å². The van der Waals surface area contributed by atoms with Crippen molar-refractivity contribution < 1.29 is 33.4 Å². The van der Waals surface area contributed by atoms with Gasteiger partial charge in [0, 0.05) is 18.0 Å². The summed E-state index contributed by atoms with van der Waals surface area (Å²) in [5.74, 6) is -2.72. The van der Waals surface area contributed by atoms with E-state index in [0.717, 1.165) is 10.6 Å². The zero-order valence-corrected chi connectivity index (χ0v) is 15.9. The molecule has 0 aliphatic carbocycles. The van der Waals surface area contributed by atoms with Gasteiger partial charge in [-0.05, 0) is 24.3 Å². The molecule has 0 unspecified atom stereocenters. The van der Waals surface area contributed by atoms with Crippen molar-refractivity contribution in [2.75, 3.05) is 26.6 Å². The van der Waals surface area contributed by atoms with Crippen LogP contribution in [0, 0.1) is 0 Å². The SMILES string of the molecule is COC(=O)c1cc(NC(=O)Cn2cc(C(=O)OC)ccc2=O)cc(C(=O)OC)c1. The van der Waals surface area contributed by atoms with Gasteiger partial charge in [0.2, 0.25) is 5.91 Å². The third-order valence-corrected chi connectivity index (χ3v) is 3.78. The molecule has 0 bridgehead atoms. The van der Waals surface area contributed by atoms with Crippen molar-refractivity contribution in [1.82, 2.24) is 4.57 Å². The Labute approximate surface area is 165 Å². The molecular formula is C19H18N2O8. The van der Waals surface area contributed by atoms with Crippen molar-refractivity contribution in [2.24, 2.45) is 0 Å². The Balaban J connectivity index is 2.28. The quantitative estimate of drug-likeness (QED) is 0.556. The number of hydrogen-bond donors (Lipinski definition) is 1. The van der Waals surface area contributed by atoms with E-state index in [0.29, 0.717) is 0 Å². The van der Waals surface area contributed by atoms with E-state index in [4.69, 9.17) is 0 Å². The number of nitrogens with one attached hydrogen (secondary N) is 1. The summed E-state index contributed by atoms with van der Waals surface area (Å²) in [5, 5.41) is 2.49. The molecule has 2 aromatic rings. The molecular weight excluding hydrogens is 384 g/mol. The van der Waals surface area contributed by atoms with E-state index in [1.165, 1.54) is 51.8 Å². The normalized spacial score (nSPS) is 10.0. The van der Waals surface area contributed by atoms with Crippen LogP contribution in [0.2, 0.25) is 0 Å². The van der Waals surface area contributed by atoms with Crippen LogP contribution in [0.4, 0.5) is 5.69 Å². The number of hydrogen-bond acceptors (Lipinski definition) is 8. The molecule has 2 rings (SSSR count). The lowest BCUT2D eigenvalue weighted by Crippen LogP contribution is -2.28. The fourth-order valence-corrected chi connectivity index (χ4v) is 2.42. The van der Waals surface area contributed by atoms with Gasteiger partial charge < -0.3 is 24.1 Å². The molecule has 0 spiro atoms. The lowest BCUT2D eigenvalue weighted by Gasteiger charge is -2.11. The van der Waals surface area contributed by atoms with Crippen LogP contribution >= 0.6 is 0 Å². The second-order valence-corrected chi connectivity index (χ2v) is 5.71. The summed E-state index contributed by atoms with van der Waals surface area (Å²) in [6.45, 7) is -0.417. The second kappa shape index (κ2) is 9.31. The van der Waals surface area contributed by atoms with Gasteiger partial charge in [-0.1, -0.05) is 0 Å². The summed E-state index contributed by atoms with van der Waals surface area (Å²) in [6, 6.07) is 6.29. The summed E-state index contributed by atoms with van der Waals surface area (Å²) in [6.07, 6.45) is 1.19. The predicted molar refractivity (Wildman–Crippen MR) is 99.8 cm³/mol. The third kappa shape index (κ3) is 5.28. The number of rotatable bonds is 6. The molecule has 29 heavy (non-hydrogen) atoms. The van der Waals surface area contributed by atoms with E-state index in [-0.39, 0.29) is 22.4 Å². The Bertz CT molecular complexity index is 991. The Hall–Kier alpha value is -3.95. The third-order valence-electron chi connectivity index (χ3n) is 3.78. The predicted octanol–water partition coefficient (Wildman–Crippen LogP) is 0.847. The highest BCUT2D eigenvalue weighted by Gasteiger charge is 2.16. The molecule has 1 aromatic carbocycles. The van der Waals surface area contributed by atoms with Crippen molar-refractivity contribution in [2.45, 2.75) is 6.54 Å². The first kappa shape index (κ1) is 21.4. The van der Waals surface area contributed by atoms with Crippen LogP contribution in [0.25, 0.3) is 0 Å². The number of amides is 1. The fourth-order valence-electron chi connectivity index (χ4n) is 2.42. The first-order chi connectivity index (χ1) is 13.8. The van der Waals surface area contributed by atoms with E-state index in [9.17, 15) is 24.0 Å². The number of methoxy groups -OCH3 is 3. The Morgan fingerprint density at radius 2 is 1.34 bits per heavy atom. The van der Waals surface area contributed by atoms with Crippen LogP contribution in [0.15, 0.2) is 41.3 Å². The number of nitrogens with zero attached hydrogens (tertiary/aromatic N) is 1. The highest BCUT2D eigenvalue weighted by atomic mass is 16.5. The average molecular weight is 402 g/mol. The Kier molecular flexibility index (Phi) is 6.85. The first-order valence-corrected chi connectivity index (χ1v) is 8.19. The van der Waals surface area contributed by atoms with Crippen molar-refractivity contribution in [3.05, 3.63) is 63.6 Å². The van der Waals surface area contributed by atoms with Gasteiger partial charge in [-0.3, -0.25) is 9.59 Å². The zero-order chi connectivity index (χ0) is 21.6. The Morgan fingerprint density at radius 3 is 1.86 bits per heavy atom. The lowest BCUT2D eigenvalue weighted by atomic mass is 10.1. The van der Waals surface area contributed by atoms with Gasteiger partial charge in [-0.15, -0.1) is 0 Å². The standard InChI is InChI=1S/C19H18N2O8/c1-27-17(24)11-4-5-16(23)21(9-11)10-15(22)20-14-7-12(18(25)28-2)6-13(8-14)19(26)29-3/h4-9H,10H2,1-3H3,(H,20,22). The minimum atomic E-state index is -0.715. The molecule has 0 aliphatic rings. The largest absolute Gasteiger partial charge is 0.465 e. The van der Waals surface area contributed by atoms with Crippen LogP contribution in [-0.4, -0.2) is 49.7 Å². The van der Waals surface area contributed by atoms with E-state index in [2.05, 4.69) is 19.5 Å². The van der Waals surface area contributed by atoms with Crippen LogP contribution in [0.5, 0.6) is 0 Å². The minimum Gasteiger partial charge on any atom is -0.465 e. The topological polar surface area (TPSA) is 130 Å². The molecule has 0 aliphatic heterocycles. The molecule has 10 nitrogen and oxygen atoms in total.